The van der Waals surface area contributed by atoms with Gasteiger partial charge in [0.2, 0.25) is 0 Å². The van der Waals surface area contributed by atoms with Crippen LogP contribution in [0.1, 0.15) is 36.5 Å². The van der Waals surface area contributed by atoms with E-state index in [0.717, 1.165) is 4.68 Å². The third-order valence-corrected chi connectivity index (χ3v) is 4.00. The lowest BCUT2D eigenvalue weighted by molar-refractivity contribution is -0.143. The van der Waals surface area contributed by atoms with Gasteiger partial charge in [0.15, 0.2) is 0 Å². The Kier molecular flexibility index (Phi) is 4.96. The second-order valence-corrected chi connectivity index (χ2v) is 5.78. The summed E-state index contributed by atoms with van der Waals surface area (Å²) in [6.07, 6.45) is -1.74. The number of nitrogens with zero attached hydrogens (tertiary/aromatic N) is 3. The summed E-state index contributed by atoms with van der Waals surface area (Å²) in [7, 11) is 0. The van der Waals surface area contributed by atoms with Gasteiger partial charge in [-0.05, 0) is 19.8 Å². The molecule has 1 amide bonds. The molecule has 0 radical (unpaired) electrons. The first-order valence-electron chi connectivity index (χ1n) is 7.30. The molecular weight excluding hydrogens is 315 g/mol. The molecule has 1 saturated heterocycles. The number of likely N-dealkylation sites (tertiary alicyclic amines) is 1. The quantitative estimate of drug-likeness (QED) is 0.916. The van der Waals surface area contributed by atoms with Gasteiger partial charge in [-0.1, -0.05) is 0 Å². The van der Waals surface area contributed by atoms with Gasteiger partial charge in [0.05, 0.1) is 24.1 Å². The zero-order valence-electron chi connectivity index (χ0n) is 12.6. The molecule has 2 atom stereocenters. The van der Waals surface area contributed by atoms with Gasteiger partial charge in [-0.3, -0.25) is 14.3 Å². The highest BCUT2D eigenvalue weighted by molar-refractivity contribution is 5.94. The third kappa shape index (κ3) is 4.46. The minimum atomic E-state index is -4.29. The number of alkyl halides is 3. The zero-order chi connectivity index (χ0) is 17.2. The molecule has 1 aliphatic rings. The van der Waals surface area contributed by atoms with Gasteiger partial charge >= 0.3 is 12.1 Å². The molecule has 23 heavy (non-hydrogen) atoms. The molecule has 0 spiro atoms. The van der Waals surface area contributed by atoms with Gasteiger partial charge in [-0.25, -0.2) is 0 Å². The second kappa shape index (κ2) is 6.59. The Morgan fingerprint density at radius 2 is 2.09 bits per heavy atom. The standard InChI is InChI=1S/C14H18F3N3O3/c1-9-2-3-10(13(22)23)8-20(9)12(21)11-6-18-19(7-11)5-4-14(15,16)17/h6-7,9-10H,2-5,8H2,1H3,(H,22,23). The van der Waals surface area contributed by atoms with Crippen LogP contribution < -0.4 is 0 Å². The largest absolute Gasteiger partial charge is 0.481 e. The lowest BCUT2D eigenvalue weighted by Crippen LogP contribution is -2.47. The topological polar surface area (TPSA) is 75.4 Å². The number of aryl methyl sites for hydroxylation is 1. The maximum Gasteiger partial charge on any atom is 0.390 e. The monoisotopic (exact) mass is 333 g/mol. The number of carbonyl (C=O) groups is 2. The summed E-state index contributed by atoms with van der Waals surface area (Å²) >= 11 is 0. The van der Waals surface area contributed by atoms with Crippen molar-refractivity contribution in [2.24, 2.45) is 5.92 Å². The molecule has 0 saturated carbocycles. The first-order chi connectivity index (χ1) is 10.7. The van der Waals surface area contributed by atoms with Crippen molar-refractivity contribution in [1.82, 2.24) is 14.7 Å². The van der Waals surface area contributed by atoms with E-state index in [1.165, 1.54) is 17.3 Å². The molecule has 6 nitrogen and oxygen atoms in total. The predicted octanol–water partition coefficient (Wildman–Crippen LogP) is 2.16. The molecule has 128 valence electrons. The van der Waals surface area contributed by atoms with Gasteiger partial charge in [0, 0.05) is 25.3 Å². The fourth-order valence-corrected chi connectivity index (χ4v) is 2.59. The highest BCUT2D eigenvalue weighted by Gasteiger charge is 2.33. The number of aliphatic carboxylic acids is 1. The van der Waals surface area contributed by atoms with Crippen LogP contribution in [-0.2, 0) is 11.3 Å². The average Bonchev–Trinajstić information content (AvgIpc) is 2.93. The molecule has 0 aromatic carbocycles. The van der Waals surface area contributed by atoms with Crippen LogP contribution in [-0.4, -0.2) is 50.4 Å². The number of hydrogen-bond acceptors (Lipinski definition) is 3. The van der Waals surface area contributed by atoms with E-state index < -0.39 is 30.4 Å². The van der Waals surface area contributed by atoms with E-state index in [0.29, 0.717) is 12.8 Å². The molecule has 1 aromatic rings. The lowest BCUT2D eigenvalue weighted by Gasteiger charge is -2.36. The Morgan fingerprint density at radius 1 is 1.39 bits per heavy atom. The highest BCUT2D eigenvalue weighted by Crippen LogP contribution is 2.24. The molecule has 0 aliphatic carbocycles. The maximum absolute atomic E-state index is 12.5. The number of hydrogen-bond donors (Lipinski definition) is 1. The fraction of sp³-hybridized carbons (Fsp3) is 0.643. The average molecular weight is 333 g/mol. The number of piperidine rings is 1. The summed E-state index contributed by atoms with van der Waals surface area (Å²) in [6.45, 7) is 1.57. The number of carbonyl (C=O) groups excluding carboxylic acids is 1. The first-order valence-corrected chi connectivity index (χ1v) is 7.30. The molecule has 1 aliphatic heterocycles. The Balaban J connectivity index is 2.04. The Bertz CT molecular complexity index is 585. The highest BCUT2D eigenvalue weighted by atomic mass is 19.4. The number of aromatic nitrogens is 2. The normalized spacial score (nSPS) is 22.2. The van der Waals surface area contributed by atoms with Crippen LogP contribution in [0.5, 0.6) is 0 Å². The fourth-order valence-electron chi connectivity index (χ4n) is 2.59. The van der Waals surface area contributed by atoms with Crippen LogP contribution in [0.2, 0.25) is 0 Å². The number of halogens is 3. The van der Waals surface area contributed by atoms with Gasteiger partial charge in [0.1, 0.15) is 0 Å². The van der Waals surface area contributed by atoms with Crippen molar-refractivity contribution < 1.29 is 27.9 Å². The minimum absolute atomic E-state index is 0.100. The van der Waals surface area contributed by atoms with Crippen molar-refractivity contribution in [2.75, 3.05) is 6.54 Å². The summed E-state index contributed by atoms with van der Waals surface area (Å²) in [6, 6.07) is -0.114. The Hall–Kier alpha value is -2.06. The van der Waals surface area contributed by atoms with Gasteiger partial charge in [-0.15, -0.1) is 0 Å². The molecule has 9 heteroatoms. The maximum atomic E-state index is 12.5. The molecule has 2 heterocycles. The van der Waals surface area contributed by atoms with Gasteiger partial charge < -0.3 is 10.0 Å². The molecule has 1 aromatic heterocycles. The number of amides is 1. The van der Waals surface area contributed by atoms with Crippen molar-refractivity contribution in [1.29, 1.82) is 0 Å². The van der Waals surface area contributed by atoms with E-state index in [4.69, 9.17) is 5.11 Å². The first kappa shape index (κ1) is 17.3. The number of carboxylic acids is 1. The Labute approximate surface area is 130 Å². The van der Waals surface area contributed by atoms with Crippen LogP contribution in [0.4, 0.5) is 13.2 Å². The van der Waals surface area contributed by atoms with E-state index in [1.807, 2.05) is 6.92 Å². The Morgan fingerprint density at radius 3 is 2.70 bits per heavy atom. The predicted molar refractivity (Wildman–Crippen MR) is 73.8 cm³/mol. The van der Waals surface area contributed by atoms with Gasteiger partial charge in [0.25, 0.3) is 5.91 Å². The van der Waals surface area contributed by atoms with Crippen LogP contribution in [0.15, 0.2) is 12.4 Å². The van der Waals surface area contributed by atoms with Crippen molar-refractivity contribution in [2.45, 2.75) is 44.9 Å². The van der Waals surface area contributed by atoms with Crippen LogP contribution in [0.3, 0.4) is 0 Å². The smallest absolute Gasteiger partial charge is 0.390 e. The van der Waals surface area contributed by atoms with Gasteiger partial charge in [-0.2, -0.15) is 18.3 Å². The summed E-state index contributed by atoms with van der Waals surface area (Å²) in [5, 5.41) is 12.9. The zero-order valence-corrected chi connectivity index (χ0v) is 12.6. The second-order valence-electron chi connectivity index (χ2n) is 5.78. The van der Waals surface area contributed by atoms with E-state index in [-0.39, 0.29) is 24.7 Å². The van der Waals surface area contributed by atoms with Crippen molar-refractivity contribution in [3.63, 3.8) is 0 Å². The molecule has 2 rings (SSSR count). The van der Waals surface area contributed by atoms with Crippen LogP contribution in [0.25, 0.3) is 0 Å². The van der Waals surface area contributed by atoms with Crippen LogP contribution >= 0.6 is 0 Å². The van der Waals surface area contributed by atoms with Crippen molar-refractivity contribution >= 4 is 11.9 Å². The van der Waals surface area contributed by atoms with E-state index in [9.17, 15) is 22.8 Å². The lowest BCUT2D eigenvalue weighted by atomic mass is 9.93. The third-order valence-electron chi connectivity index (χ3n) is 4.00. The molecule has 1 fully saturated rings. The summed E-state index contributed by atoms with van der Waals surface area (Å²) in [4.78, 5) is 25.0. The van der Waals surface area contributed by atoms with E-state index in [1.54, 1.807) is 0 Å². The summed E-state index contributed by atoms with van der Waals surface area (Å²) < 4.78 is 37.7. The van der Waals surface area contributed by atoms with Crippen molar-refractivity contribution in [3.05, 3.63) is 18.0 Å². The van der Waals surface area contributed by atoms with Crippen LogP contribution in [0, 0.1) is 5.92 Å². The molecule has 2 unspecified atom stereocenters. The van der Waals surface area contributed by atoms with E-state index >= 15 is 0 Å². The molecule has 0 bridgehead atoms. The SMILES string of the molecule is CC1CCC(C(=O)O)CN1C(=O)c1cnn(CCC(F)(F)F)c1. The number of carboxylic acid groups (broad SMARTS) is 1. The van der Waals surface area contributed by atoms with E-state index in [2.05, 4.69) is 5.10 Å². The summed E-state index contributed by atoms with van der Waals surface area (Å²) in [5.74, 6) is -1.97. The summed E-state index contributed by atoms with van der Waals surface area (Å²) in [5.41, 5.74) is 0.171. The molecular formula is C14H18F3N3O3. The molecule has 1 N–H and O–H groups in total. The van der Waals surface area contributed by atoms with Crippen molar-refractivity contribution in [3.8, 4) is 0 Å². The number of rotatable bonds is 4. The minimum Gasteiger partial charge on any atom is -0.481 e.